The predicted octanol–water partition coefficient (Wildman–Crippen LogP) is 1.97. The Bertz CT molecular complexity index is 126. The second-order valence-corrected chi connectivity index (χ2v) is 3.95. The molecule has 2 unspecified atom stereocenters. The van der Waals surface area contributed by atoms with Gasteiger partial charge < -0.3 is 4.81 Å². The van der Waals surface area contributed by atoms with Gasteiger partial charge in [-0.15, -0.1) is 0 Å². The molecular weight excluding hydrogens is 133 g/mol. The molecule has 0 aliphatic carbocycles. The molecule has 1 heterocycles. The van der Waals surface area contributed by atoms with E-state index in [1.165, 1.54) is 12.8 Å². The van der Waals surface area contributed by atoms with Crippen molar-refractivity contribution < 1.29 is 0 Å². The lowest BCUT2D eigenvalue weighted by molar-refractivity contribution is 0.0868. The highest BCUT2D eigenvalue weighted by Gasteiger charge is 2.35. The molecule has 0 bridgehead atoms. The minimum Gasteiger partial charge on any atom is -0.348 e. The topological polar surface area (TPSA) is 3.24 Å². The summed E-state index contributed by atoms with van der Waals surface area (Å²) in [5.41, 5.74) is 0.248. The third-order valence-electron chi connectivity index (χ3n) is 3.47. The normalized spacial score (nSPS) is 40.8. The van der Waals surface area contributed by atoms with Crippen LogP contribution in [0, 0.1) is 5.92 Å². The highest BCUT2D eigenvalue weighted by molar-refractivity contribution is 6.05. The van der Waals surface area contributed by atoms with Crippen molar-refractivity contribution in [2.24, 2.45) is 5.92 Å². The molecule has 0 N–H and O–H groups in total. The molecule has 0 aromatic heterocycles. The number of nitrogens with zero attached hydrogens (tertiary/aromatic N) is 1. The Balaban J connectivity index is 2.69. The molecule has 0 amide bonds. The van der Waals surface area contributed by atoms with Crippen LogP contribution in [0.2, 0.25) is 0 Å². The van der Waals surface area contributed by atoms with Gasteiger partial charge in [-0.05, 0) is 38.6 Å². The predicted molar refractivity (Wildman–Crippen MR) is 49.6 cm³/mol. The van der Waals surface area contributed by atoms with E-state index in [-0.39, 0.29) is 5.54 Å². The molecule has 0 aromatic carbocycles. The molecule has 1 aliphatic heterocycles. The van der Waals surface area contributed by atoms with Crippen LogP contribution in [-0.4, -0.2) is 24.9 Å². The summed E-state index contributed by atoms with van der Waals surface area (Å²) < 4.78 is 0. The number of rotatable bonds is 1. The number of piperidine rings is 1. The van der Waals surface area contributed by atoms with Crippen LogP contribution in [0.15, 0.2) is 0 Å². The molecule has 1 rings (SSSR count). The minimum absolute atomic E-state index is 0.248. The van der Waals surface area contributed by atoms with Gasteiger partial charge >= 0.3 is 0 Å². The maximum Gasteiger partial charge on any atom is 0.183 e. The summed E-state index contributed by atoms with van der Waals surface area (Å²) in [7, 11) is 5.95. The van der Waals surface area contributed by atoms with E-state index in [9.17, 15) is 0 Å². The molecule has 2 atom stereocenters. The van der Waals surface area contributed by atoms with E-state index in [0.29, 0.717) is 0 Å². The van der Waals surface area contributed by atoms with Gasteiger partial charge in [0.15, 0.2) is 7.98 Å². The minimum atomic E-state index is 0.248. The van der Waals surface area contributed by atoms with Crippen molar-refractivity contribution in [2.45, 2.75) is 45.6 Å². The van der Waals surface area contributed by atoms with Crippen LogP contribution in [0.1, 0.15) is 40.0 Å². The van der Waals surface area contributed by atoms with Crippen molar-refractivity contribution in [1.29, 1.82) is 0 Å². The molecule has 0 saturated carbocycles. The maximum absolute atomic E-state index is 5.95. The Morgan fingerprint density at radius 2 is 2.27 bits per heavy atom. The molecule has 1 fully saturated rings. The third kappa shape index (κ3) is 1.46. The van der Waals surface area contributed by atoms with Gasteiger partial charge in [0.2, 0.25) is 0 Å². The van der Waals surface area contributed by atoms with Crippen LogP contribution < -0.4 is 0 Å². The van der Waals surface area contributed by atoms with E-state index < -0.39 is 0 Å². The van der Waals surface area contributed by atoms with Crippen LogP contribution in [-0.2, 0) is 0 Å². The molecule has 1 saturated heterocycles. The summed E-state index contributed by atoms with van der Waals surface area (Å²) in [5.74, 6) is 0.742. The fourth-order valence-electron chi connectivity index (χ4n) is 1.97. The summed E-state index contributed by atoms with van der Waals surface area (Å²) in [6, 6.07) is 0. The first-order valence-corrected chi connectivity index (χ1v) is 4.63. The molecule has 2 heteroatoms. The average Bonchev–Trinajstić information content (AvgIpc) is 2.00. The van der Waals surface area contributed by atoms with Crippen molar-refractivity contribution >= 4 is 7.98 Å². The van der Waals surface area contributed by atoms with Crippen LogP contribution >= 0.6 is 0 Å². The van der Waals surface area contributed by atoms with E-state index in [0.717, 1.165) is 18.9 Å². The van der Waals surface area contributed by atoms with E-state index in [2.05, 4.69) is 20.8 Å². The van der Waals surface area contributed by atoms with Crippen LogP contribution in [0.4, 0.5) is 0 Å². The summed E-state index contributed by atoms with van der Waals surface area (Å²) in [5, 5.41) is 0. The van der Waals surface area contributed by atoms with Crippen molar-refractivity contribution in [1.82, 2.24) is 4.81 Å². The lowest BCUT2D eigenvalue weighted by Gasteiger charge is -2.48. The zero-order valence-corrected chi connectivity index (χ0v) is 7.93. The summed E-state index contributed by atoms with van der Waals surface area (Å²) >= 11 is 0. The monoisotopic (exact) mass is 151 g/mol. The highest BCUT2D eigenvalue weighted by Crippen LogP contribution is 2.33. The Morgan fingerprint density at radius 1 is 1.64 bits per heavy atom. The van der Waals surface area contributed by atoms with Crippen molar-refractivity contribution in [3.63, 3.8) is 0 Å². The quantitative estimate of drug-likeness (QED) is 0.518. The number of hydrogen-bond acceptors (Lipinski definition) is 1. The maximum atomic E-state index is 5.95. The fourth-order valence-corrected chi connectivity index (χ4v) is 1.97. The van der Waals surface area contributed by atoms with E-state index in [4.69, 9.17) is 7.98 Å². The zero-order chi connectivity index (χ0) is 8.48. The molecule has 0 spiro atoms. The van der Waals surface area contributed by atoms with Gasteiger partial charge in [-0.1, -0.05) is 13.8 Å². The van der Waals surface area contributed by atoms with Gasteiger partial charge in [-0.3, -0.25) is 0 Å². The van der Waals surface area contributed by atoms with E-state index in [1.807, 2.05) is 4.81 Å². The molecule has 1 aliphatic rings. The Labute approximate surface area is 71.6 Å². The molecule has 11 heavy (non-hydrogen) atoms. The summed E-state index contributed by atoms with van der Waals surface area (Å²) in [6.45, 7) is 7.87. The third-order valence-corrected chi connectivity index (χ3v) is 3.47. The second kappa shape index (κ2) is 3.18. The smallest absolute Gasteiger partial charge is 0.183 e. The zero-order valence-electron chi connectivity index (χ0n) is 7.93. The molecule has 2 radical (unpaired) electrons. The summed E-state index contributed by atoms with van der Waals surface area (Å²) in [4.78, 5) is 2.03. The lowest BCUT2D eigenvalue weighted by Crippen LogP contribution is -2.52. The molecular formula is C9H18BN. The SMILES string of the molecule is [B]N1CCCC(C)C1(C)CC. The lowest BCUT2D eigenvalue weighted by atomic mass is 9.75. The standard InChI is InChI=1S/C9H18BN/c1-4-9(3)8(2)6-5-7-11(9)10/h8H,4-7H2,1-3H3. The van der Waals surface area contributed by atoms with Gasteiger partial charge in [0.1, 0.15) is 0 Å². The van der Waals surface area contributed by atoms with Crippen LogP contribution in [0.25, 0.3) is 0 Å². The fraction of sp³-hybridized carbons (Fsp3) is 1.00. The molecule has 0 aromatic rings. The first-order valence-electron chi connectivity index (χ1n) is 4.63. The van der Waals surface area contributed by atoms with Crippen molar-refractivity contribution in [2.75, 3.05) is 6.54 Å². The Morgan fingerprint density at radius 3 is 2.64 bits per heavy atom. The number of hydrogen-bond donors (Lipinski definition) is 0. The average molecular weight is 151 g/mol. The first-order chi connectivity index (χ1) is 5.11. The highest BCUT2D eigenvalue weighted by atomic mass is 15.1. The van der Waals surface area contributed by atoms with Gasteiger partial charge in [0.05, 0.1) is 0 Å². The van der Waals surface area contributed by atoms with Crippen molar-refractivity contribution in [3.8, 4) is 0 Å². The van der Waals surface area contributed by atoms with Gasteiger partial charge in [0.25, 0.3) is 0 Å². The first kappa shape index (κ1) is 9.12. The Hall–Kier alpha value is 0.0249. The van der Waals surface area contributed by atoms with Crippen LogP contribution in [0.5, 0.6) is 0 Å². The van der Waals surface area contributed by atoms with Gasteiger partial charge in [0, 0.05) is 5.54 Å². The van der Waals surface area contributed by atoms with Crippen LogP contribution in [0.3, 0.4) is 0 Å². The van der Waals surface area contributed by atoms with Gasteiger partial charge in [-0.2, -0.15) is 0 Å². The largest absolute Gasteiger partial charge is 0.348 e. The van der Waals surface area contributed by atoms with Crippen molar-refractivity contribution in [3.05, 3.63) is 0 Å². The second-order valence-electron chi connectivity index (χ2n) is 3.95. The molecule has 62 valence electrons. The summed E-state index contributed by atoms with van der Waals surface area (Å²) in [6.07, 6.45) is 3.75. The van der Waals surface area contributed by atoms with E-state index in [1.54, 1.807) is 0 Å². The van der Waals surface area contributed by atoms with Gasteiger partial charge in [-0.25, -0.2) is 0 Å². The van der Waals surface area contributed by atoms with E-state index >= 15 is 0 Å². The molecule has 1 nitrogen and oxygen atoms in total. The Kier molecular flexibility index (Phi) is 2.63.